The molecule has 2 aromatic rings. The van der Waals surface area contributed by atoms with E-state index in [0.717, 1.165) is 5.56 Å². The summed E-state index contributed by atoms with van der Waals surface area (Å²) in [7, 11) is -1.48. The van der Waals surface area contributed by atoms with Crippen LogP contribution in [-0.2, 0) is 30.8 Å². The van der Waals surface area contributed by atoms with Gasteiger partial charge in [0.15, 0.2) is 0 Å². The highest BCUT2D eigenvalue weighted by atomic mass is 32.2. The lowest BCUT2D eigenvalue weighted by molar-refractivity contribution is -0.142. The fraction of sp³-hybridized carbons (Fsp3) is 0.263. The van der Waals surface area contributed by atoms with E-state index in [9.17, 15) is 18.0 Å². The molecule has 0 saturated carbocycles. The average molecular weight is 406 g/mol. The first-order valence-electron chi connectivity index (χ1n) is 8.36. The largest absolute Gasteiger partial charge is 0.495 e. The summed E-state index contributed by atoms with van der Waals surface area (Å²) < 4.78 is 37.9. The Labute approximate surface area is 163 Å². The molecule has 0 unspecified atom stereocenters. The molecule has 1 atom stereocenters. The minimum atomic E-state index is -4.08. The van der Waals surface area contributed by atoms with Crippen LogP contribution >= 0.6 is 0 Å². The van der Waals surface area contributed by atoms with E-state index in [1.807, 2.05) is 6.07 Å². The third-order valence-corrected chi connectivity index (χ3v) is 5.33. The van der Waals surface area contributed by atoms with Gasteiger partial charge in [0.05, 0.1) is 24.8 Å². The molecule has 0 radical (unpaired) electrons. The number of carbonyl (C=O) groups is 2. The van der Waals surface area contributed by atoms with E-state index in [2.05, 4.69) is 10.0 Å². The van der Waals surface area contributed by atoms with Gasteiger partial charge < -0.3 is 14.8 Å². The van der Waals surface area contributed by atoms with Gasteiger partial charge in [-0.15, -0.1) is 0 Å². The molecule has 2 N–H and O–H groups in total. The zero-order valence-electron chi connectivity index (χ0n) is 15.8. The number of methoxy groups -OCH3 is 2. The highest BCUT2D eigenvalue weighted by molar-refractivity contribution is 7.89. The fourth-order valence-electron chi connectivity index (χ4n) is 2.56. The smallest absolute Gasteiger partial charge is 0.324 e. The average Bonchev–Trinajstić information content (AvgIpc) is 2.67. The van der Waals surface area contributed by atoms with Gasteiger partial charge in [0.1, 0.15) is 11.8 Å². The molecule has 9 heteroatoms. The van der Waals surface area contributed by atoms with Crippen LogP contribution in [0.5, 0.6) is 5.75 Å². The summed E-state index contributed by atoms with van der Waals surface area (Å²) in [4.78, 5) is 23.3. The summed E-state index contributed by atoms with van der Waals surface area (Å²) in [6, 6.07) is 11.9. The second-order valence-electron chi connectivity index (χ2n) is 5.93. The monoisotopic (exact) mass is 406 g/mol. The Hall–Kier alpha value is -2.91. The van der Waals surface area contributed by atoms with Crippen molar-refractivity contribution in [1.29, 1.82) is 0 Å². The molecule has 0 spiro atoms. The van der Waals surface area contributed by atoms with Crippen molar-refractivity contribution in [3.05, 3.63) is 54.1 Å². The molecule has 0 fully saturated rings. The second kappa shape index (κ2) is 9.34. The molecule has 1 amide bonds. The first-order valence-corrected chi connectivity index (χ1v) is 9.85. The third-order valence-electron chi connectivity index (χ3n) is 3.86. The molecule has 0 aliphatic carbocycles. The molecular weight excluding hydrogens is 384 g/mol. The van der Waals surface area contributed by atoms with Gasteiger partial charge in [0.2, 0.25) is 15.9 Å². The molecule has 0 aliphatic rings. The highest BCUT2D eigenvalue weighted by Crippen LogP contribution is 2.27. The van der Waals surface area contributed by atoms with Crippen molar-refractivity contribution in [1.82, 2.24) is 4.72 Å². The van der Waals surface area contributed by atoms with Crippen LogP contribution in [0.2, 0.25) is 0 Å². The van der Waals surface area contributed by atoms with Crippen LogP contribution in [0.3, 0.4) is 0 Å². The zero-order chi connectivity index (χ0) is 20.7. The number of amides is 1. The lowest BCUT2D eigenvalue weighted by Gasteiger charge is -2.18. The Morgan fingerprint density at radius 2 is 1.75 bits per heavy atom. The van der Waals surface area contributed by atoms with Crippen LogP contribution in [0.25, 0.3) is 0 Å². The van der Waals surface area contributed by atoms with Crippen LogP contribution in [-0.4, -0.2) is 40.6 Å². The first kappa shape index (κ1) is 21.4. The number of nitrogens with one attached hydrogen (secondary N) is 2. The predicted octanol–water partition coefficient (Wildman–Crippen LogP) is 1.72. The molecule has 28 heavy (non-hydrogen) atoms. The Bertz CT molecular complexity index is 944. The number of hydrogen-bond acceptors (Lipinski definition) is 6. The first-order chi connectivity index (χ1) is 13.3. The van der Waals surface area contributed by atoms with E-state index in [1.165, 1.54) is 39.3 Å². The van der Waals surface area contributed by atoms with Crippen LogP contribution in [0.15, 0.2) is 53.4 Å². The molecular formula is C19H22N2O6S. The third kappa shape index (κ3) is 5.54. The van der Waals surface area contributed by atoms with Crippen molar-refractivity contribution in [2.75, 3.05) is 19.5 Å². The van der Waals surface area contributed by atoms with Gasteiger partial charge in [0.25, 0.3) is 0 Å². The lowest BCUT2D eigenvalue weighted by atomic mass is 10.1. The summed E-state index contributed by atoms with van der Waals surface area (Å²) in [6.45, 7) is 1.30. The topological polar surface area (TPSA) is 111 Å². The van der Waals surface area contributed by atoms with Gasteiger partial charge in [0, 0.05) is 6.92 Å². The molecule has 0 heterocycles. The van der Waals surface area contributed by atoms with Crippen molar-refractivity contribution in [3.63, 3.8) is 0 Å². The van der Waals surface area contributed by atoms with Gasteiger partial charge in [-0.05, 0) is 30.2 Å². The number of ether oxygens (including phenoxy) is 2. The number of hydrogen-bond donors (Lipinski definition) is 2. The van der Waals surface area contributed by atoms with Gasteiger partial charge >= 0.3 is 5.97 Å². The van der Waals surface area contributed by atoms with E-state index >= 15 is 0 Å². The second-order valence-corrected chi connectivity index (χ2v) is 7.64. The van der Waals surface area contributed by atoms with E-state index < -0.39 is 22.0 Å². The maximum absolute atomic E-state index is 12.8. The van der Waals surface area contributed by atoms with Gasteiger partial charge in [-0.2, -0.15) is 4.72 Å². The van der Waals surface area contributed by atoms with E-state index in [4.69, 9.17) is 9.47 Å². The summed E-state index contributed by atoms with van der Waals surface area (Å²) in [5.41, 5.74) is 0.977. The maximum atomic E-state index is 12.8. The molecule has 0 bridgehead atoms. The highest BCUT2D eigenvalue weighted by Gasteiger charge is 2.27. The number of benzene rings is 2. The lowest BCUT2D eigenvalue weighted by Crippen LogP contribution is -2.43. The van der Waals surface area contributed by atoms with Crippen LogP contribution in [0.4, 0.5) is 5.69 Å². The van der Waals surface area contributed by atoms with Crippen molar-refractivity contribution in [3.8, 4) is 5.75 Å². The van der Waals surface area contributed by atoms with Gasteiger partial charge in [-0.1, -0.05) is 30.3 Å². The Balaban J connectivity index is 2.33. The molecule has 0 saturated heterocycles. The molecule has 0 aliphatic heterocycles. The number of anilines is 1. The van der Waals surface area contributed by atoms with Crippen molar-refractivity contribution >= 4 is 27.6 Å². The predicted molar refractivity (Wildman–Crippen MR) is 104 cm³/mol. The normalized spacial score (nSPS) is 12.1. The number of sulfonamides is 1. The van der Waals surface area contributed by atoms with Crippen LogP contribution in [0, 0.1) is 0 Å². The zero-order valence-corrected chi connectivity index (χ0v) is 16.6. The Kier molecular flexibility index (Phi) is 7.13. The van der Waals surface area contributed by atoms with E-state index in [-0.39, 0.29) is 22.9 Å². The number of carbonyl (C=O) groups excluding carboxylic acids is 2. The SMILES string of the molecule is COC(=O)[C@H](Cc1ccccc1)NS(=O)(=O)c1ccc(OC)c(NC(C)=O)c1. The molecule has 150 valence electrons. The molecule has 2 aromatic carbocycles. The fourth-order valence-corrected chi connectivity index (χ4v) is 3.77. The van der Waals surface area contributed by atoms with Crippen molar-refractivity contribution in [2.45, 2.75) is 24.3 Å². The molecule has 8 nitrogen and oxygen atoms in total. The van der Waals surface area contributed by atoms with Gasteiger partial charge in [-0.3, -0.25) is 9.59 Å². The minimum absolute atomic E-state index is 0.126. The van der Waals surface area contributed by atoms with E-state index in [1.54, 1.807) is 24.3 Å². The van der Waals surface area contributed by atoms with Crippen LogP contribution in [0.1, 0.15) is 12.5 Å². The number of esters is 1. The Morgan fingerprint density at radius 1 is 1.07 bits per heavy atom. The van der Waals surface area contributed by atoms with Crippen LogP contribution < -0.4 is 14.8 Å². The van der Waals surface area contributed by atoms with Crippen molar-refractivity contribution in [2.24, 2.45) is 0 Å². The van der Waals surface area contributed by atoms with Crippen molar-refractivity contribution < 1.29 is 27.5 Å². The van der Waals surface area contributed by atoms with E-state index in [0.29, 0.717) is 5.75 Å². The maximum Gasteiger partial charge on any atom is 0.324 e. The molecule has 2 rings (SSSR count). The minimum Gasteiger partial charge on any atom is -0.495 e. The Morgan fingerprint density at radius 3 is 2.32 bits per heavy atom. The number of rotatable bonds is 8. The summed E-state index contributed by atoms with van der Waals surface area (Å²) in [6.07, 6.45) is 0.126. The summed E-state index contributed by atoms with van der Waals surface area (Å²) >= 11 is 0. The standard InChI is InChI=1S/C19H22N2O6S/c1-13(22)20-16-12-15(9-10-18(16)26-2)28(24,25)21-17(19(23)27-3)11-14-7-5-4-6-8-14/h4-10,12,17,21H,11H2,1-3H3,(H,20,22)/t17-/m0/s1. The summed E-state index contributed by atoms with van der Waals surface area (Å²) in [5, 5.41) is 2.52. The summed E-state index contributed by atoms with van der Waals surface area (Å²) in [5.74, 6) is -0.775. The molecule has 0 aromatic heterocycles. The van der Waals surface area contributed by atoms with Gasteiger partial charge in [-0.25, -0.2) is 8.42 Å². The quantitative estimate of drug-likeness (QED) is 0.646.